The first-order valence-electron chi connectivity index (χ1n) is 8.11. The van der Waals surface area contributed by atoms with Gasteiger partial charge in [0, 0.05) is 25.1 Å². The highest BCUT2D eigenvalue weighted by molar-refractivity contribution is 5.32. The Balaban J connectivity index is 1.70. The van der Waals surface area contributed by atoms with Crippen LogP contribution in [0.3, 0.4) is 0 Å². The standard InChI is InChI=1S/C18H27NO/c1-18(14-20)10-5-11-19(13-18)12-16-8-4-7-15-6-2-3-9-17(15)16/h2-3,6,9,16,20H,4-5,7-8,10-14H2,1H3. The van der Waals surface area contributed by atoms with Crippen molar-refractivity contribution in [3.05, 3.63) is 35.4 Å². The third-order valence-electron chi connectivity index (χ3n) is 5.21. The van der Waals surface area contributed by atoms with Crippen molar-refractivity contribution in [2.24, 2.45) is 5.41 Å². The number of nitrogens with zero attached hydrogens (tertiary/aromatic N) is 1. The Morgan fingerprint density at radius 1 is 1.30 bits per heavy atom. The van der Waals surface area contributed by atoms with Crippen molar-refractivity contribution in [3.8, 4) is 0 Å². The zero-order valence-electron chi connectivity index (χ0n) is 12.6. The van der Waals surface area contributed by atoms with Gasteiger partial charge in [0.1, 0.15) is 0 Å². The molecule has 1 aromatic rings. The Bertz CT molecular complexity index is 458. The molecule has 0 bridgehead atoms. The van der Waals surface area contributed by atoms with Crippen LogP contribution >= 0.6 is 0 Å². The summed E-state index contributed by atoms with van der Waals surface area (Å²) in [6.45, 7) is 5.99. The second-order valence-corrected chi connectivity index (χ2v) is 7.10. The average Bonchev–Trinajstić information content (AvgIpc) is 2.48. The fourth-order valence-corrected chi connectivity index (χ4v) is 4.07. The number of aliphatic hydroxyl groups is 1. The number of benzene rings is 1. The van der Waals surface area contributed by atoms with Crippen molar-refractivity contribution < 1.29 is 5.11 Å². The topological polar surface area (TPSA) is 23.5 Å². The number of rotatable bonds is 3. The first kappa shape index (κ1) is 14.1. The summed E-state index contributed by atoms with van der Waals surface area (Å²) in [5.74, 6) is 0.695. The zero-order chi connectivity index (χ0) is 14.0. The van der Waals surface area contributed by atoms with Crippen LogP contribution in [-0.2, 0) is 6.42 Å². The van der Waals surface area contributed by atoms with Gasteiger partial charge in [0.25, 0.3) is 0 Å². The van der Waals surface area contributed by atoms with Gasteiger partial charge in [-0.3, -0.25) is 0 Å². The first-order valence-corrected chi connectivity index (χ1v) is 8.11. The molecule has 0 aromatic heterocycles. The Labute approximate surface area is 122 Å². The van der Waals surface area contributed by atoms with E-state index in [4.69, 9.17) is 0 Å². The highest BCUT2D eigenvalue weighted by atomic mass is 16.3. The molecule has 2 heteroatoms. The lowest BCUT2D eigenvalue weighted by atomic mass is 9.80. The number of hydrogen-bond acceptors (Lipinski definition) is 2. The van der Waals surface area contributed by atoms with Gasteiger partial charge in [0.2, 0.25) is 0 Å². The molecule has 1 aromatic carbocycles. The van der Waals surface area contributed by atoms with Crippen LogP contribution in [0.25, 0.3) is 0 Å². The van der Waals surface area contributed by atoms with Crippen LogP contribution in [0.1, 0.15) is 49.7 Å². The largest absolute Gasteiger partial charge is 0.396 e. The summed E-state index contributed by atoms with van der Waals surface area (Å²) in [5, 5.41) is 9.61. The van der Waals surface area contributed by atoms with Crippen LogP contribution in [0.15, 0.2) is 24.3 Å². The summed E-state index contributed by atoms with van der Waals surface area (Å²) in [5.41, 5.74) is 3.26. The van der Waals surface area contributed by atoms with Gasteiger partial charge in [-0.15, -0.1) is 0 Å². The Morgan fingerprint density at radius 2 is 2.15 bits per heavy atom. The summed E-state index contributed by atoms with van der Waals surface area (Å²) in [6, 6.07) is 8.99. The Hall–Kier alpha value is -0.860. The quantitative estimate of drug-likeness (QED) is 0.914. The molecule has 2 atom stereocenters. The van der Waals surface area contributed by atoms with E-state index < -0.39 is 0 Å². The molecular weight excluding hydrogens is 246 g/mol. The first-order chi connectivity index (χ1) is 9.70. The van der Waals surface area contributed by atoms with E-state index in [1.807, 2.05) is 0 Å². The molecular formula is C18H27NO. The van der Waals surface area contributed by atoms with E-state index in [0.717, 1.165) is 6.54 Å². The van der Waals surface area contributed by atoms with Gasteiger partial charge < -0.3 is 10.0 Å². The lowest BCUT2D eigenvalue weighted by Crippen LogP contribution is -2.45. The molecule has 1 saturated heterocycles. The second-order valence-electron chi connectivity index (χ2n) is 7.10. The van der Waals surface area contributed by atoms with Crippen LogP contribution in [0.4, 0.5) is 0 Å². The number of hydrogen-bond donors (Lipinski definition) is 1. The van der Waals surface area contributed by atoms with Crippen LogP contribution in [0.2, 0.25) is 0 Å². The predicted octanol–water partition coefficient (Wildman–Crippen LogP) is 3.20. The fraction of sp³-hybridized carbons (Fsp3) is 0.667. The molecule has 1 aliphatic carbocycles. The molecule has 3 rings (SSSR count). The second kappa shape index (κ2) is 5.87. The number of likely N-dealkylation sites (tertiary alicyclic amines) is 1. The zero-order valence-corrected chi connectivity index (χ0v) is 12.6. The summed E-state index contributed by atoms with van der Waals surface area (Å²) in [6.07, 6.45) is 6.30. The SMILES string of the molecule is CC1(CO)CCCN(CC2CCCc3ccccc32)C1. The van der Waals surface area contributed by atoms with Crippen molar-refractivity contribution in [1.29, 1.82) is 0 Å². The molecule has 1 fully saturated rings. The molecule has 110 valence electrons. The van der Waals surface area contributed by atoms with Gasteiger partial charge in [-0.25, -0.2) is 0 Å². The highest BCUT2D eigenvalue weighted by Crippen LogP contribution is 2.35. The molecule has 1 N–H and O–H groups in total. The molecule has 0 spiro atoms. The van der Waals surface area contributed by atoms with Gasteiger partial charge in [-0.2, -0.15) is 0 Å². The Morgan fingerprint density at radius 3 is 3.00 bits per heavy atom. The number of aliphatic hydroxyl groups excluding tert-OH is 1. The van der Waals surface area contributed by atoms with E-state index in [9.17, 15) is 5.11 Å². The van der Waals surface area contributed by atoms with Gasteiger partial charge in [-0.05, 0) is 55.7 Å². The lowest BCUT2D eigenvalue weighted by molar-refractivity contribution is 0.0429. The maximum absolute atomic E-state index is 9.61. The van der Waals surface area contributed by atoms with Crippen LogP contribution in [-0.4, -0.2) is 36.2 Å². The van der Waals surface area contributed by atoms with E-state index in [1.165, 1.54) is 45.2 Å². The average molecular weight is 273 g/mol. The van der Waals surface area contributed by atoms with Gasteiger partial charge in [0.15, 0.2) is 0 Å². The van der Waals surface area contributed by atoms with E-state index in [1.54, 1.807) is 11.1 Å². The summed E-state index contributed by atoms with van der Waals surface area (Å²) in [4.78, 5) is 2.59. The van der Waals surface area contributed by atoms with Crippen molar-refractivity contribution in [1.82, 2.24) is 4.90 Å². The third-order valence-corrected chi connectivity index (χ3v) is 5.21. The molecule has 0 amide bonds. The Kier molecular flexibility index (Phi) is 4.13. The molecule has 1 heterocycles. The third kappa shape index (κ3) is 2.91. The summed E-state index contributed by atoms with van der Waals surface area (Å²) >= 11 is 0. The minimum atomic E-state index is 0.117. The van der Waals surface area contributed by atoms with Gasteiger partial charge in [0.05, 0.1) is 0 Å². The van der Waals surface area contributed by atoms with Crippen LogP contribution < -0.4 is 0 Å². The van der Waals surface area contributed by atoms with Gasteiger partial charge >= 0.3 is 0 Å². The smallest absolute Gasteiger partial charge is 0.0497 e. The molecule has 2 unspecified atom stereocenters. The number of piperidine rings is 1. The van der Waals surface area contributed by atoms with Gasteiger partial charge in [-0.1, -0.05) is 31.2 Å². The van der Waals surface area contributed by atoms with Crippen LogP contribution in [0, 0.1) is 5.41 Å². The van der Waals surface area contributed by atoms with E-state index in [0.29, 0.717) is 12.5 Å². The number of fused-ring (bicyclic) bond motifs is 1. The van der Waals surface area contributed by atoms with Crippen LogP contribution in [0.5, 0.6) is 0 Å². The molecule has 2 nitrogen and oxygen atoms in total. The highest BCUT2D eigenvalue weighted by Gasteiger charge is 2.32. The number of aryl methyl sites for hydroxylation is 1. The minimum absolute atomic E-state index is 0.117. The van der Waals surface area contributed by atoms with E-state index >= 15 is 0 Å². The predicted molar refractivity (Wildman–Crippen MR) is 83.0 cm³/mol. The van der Waals surface area contributed by atoms with Crippen molar-refractivity contribution >= 4 is 0 Å². The maximum Gasteiger partial charge on any atom is 0.0497 e. The fourth-order valence-electron chi connectivity index (χ4n) is 4.07. The molecule has 20 heavy (non-hydrogen) atoms. The normalized spacial score (nSPS) is 31.0. The van der Waals surface area contributed by atoms with Crippen molar-refractivity contribution in [2.45, 2.75) is 44.9 Å². The van der Waals surface area contributed by atoms with Crippen molar-refractivity contribution in [2.75, 3.05) is 26.2 Å². The molecule has 0 saturated carbocycles. The minimum Gasteiger partial charge on any atom is -0.396 e. The summed E-state index contributed by atoms with van der Waals surface area (Å²) < 4.78 is 0. The molecule has 0 radical (unpaired) electrons. The summed E-state index contributed by atoms with van der Waals surface area (Å²) in [7, 11) is 0. The monoisotopic (exact) mass is 273 g/mol. The molecule has 2 aliphatic rings. The van der Waals surface area contributed by atoms with E-state index in [2.05, 4.69) is 36.1 Å². The maximum atomic E-state index is 9.61. The lowest BCUT2D eigenvalue weighted by Gasteiger charge is -2.41. The van der Waals surface area contributed by atoms with Crippen molar-refractivity contribution in [3.63, 3.8) is 0 Å². The molecule has 1 aliphatic heterocycles. The van der Waals surface area contributed by atoms with E-state index in [-0.39, 0.29) is 5.41 Å².